The third-order valence-electron chi connectivity index (χ3n) is 3.16. The monoisotopic (exact) mass is 285 g/mol. The van der Waals surface area contributed by atoms with E-state index in [1.807, 2.05) is 42.1 Å². The molecule has 1 amide bonds. The first-order valence-corrected chi connectivity index (χ1v) is 6.57. The lowest BCUT2D eigenvalue weighted by molar-refractivity contribution is -0.130. The quantitative estimate of drug-likeness (QED) is 0.683. The van der Waals surface area contributed by atoms with E-state index in [4.69, 9.17) is 9.47 Å². The highest BCUT2D eigenvalue weighted by atomic mass is 16.6. The maximum atomic E-state index is 12.0. The Bertz CT molecular complexity index is 678. The summed E-state index contributed by atoms with van der Waals surface area (Å²) in [4.78, 5) is 12.0. The maximum Gasteiger partial charge on any atom is 0.284 e. The molecule has 1 atom stereocenters. The van der Waals surface area contributed by atoms with E-state index in [2.05, 4.69) is 10.5 Å². The first-order chi connectivity index (χ1) is 10.2. The lowest BCUT2D eigenvalue weighted by Crippen LogP contribution is -2.42. The summed E-state index contributed by atoms with van der Waals surface area (Å²) in [6.07, 6.45) is 2.78. The summed E-state index contributed by atoms with van der Waals surface area (Å²) in [6.45, 7) is 0.169. The average Bonchev–Trinajstić information content (AvgIpc) is 2.92. The van der Waals surface area contributed by atoms with Crippen molar-refractivity contribution < 1.29 is 14.3 Å². The van der Waals surface area contributed by atoms with Gasteiger partial charge in [0.2, 0.25) is 6.10 Å². The predicted octanol–water partition coefficient (Wildman–Crippen LogP) is 1.32. The molecule has 2 aromatic rings. The summed E-state index contributed by atoms with van der Waals surface area (Å²) in [5.41, 5.74) is 3.35. The SMILES string of the molecule is Cn1cccc1/C=N/NC(=O)[C@@H]1COc2ccccc2O1. The highest BCUT2D eigenvalue weighted by Gasteiger charge is 2.26. The molecule has 1 aromatic carbocycles. The van der Waals surface area contributed by atoms with E-state index in [-0.39, 0.29) is 12.5 Å². The number of carbonyl (C=O) groups excluding carboxylic acids is 1. The van der Waals surface area contributed by atoms with Crippen LogP contribution in [0.5, 0.6) is 11.5 Å². The number of amides is 1. The van der Waals surface area contributed by atoms with Crippen molar-refractivity contribution in [3.05, 3.63) is 48.3 Å². The highest BCUT2D eigenvalue weighted by Crippen LogP contribution is 2.30. The molecule has 1 aromatic heterocycles. The van der Waals surface area contributed by atoms with Gasteiger partial charge in [-0.25, -0.2) is 5.43 Å². The van der Waals surface area contributed by atoms with E-state index in [1.165, 1.54) is 0 Å². The van der Waals surface area contributed by atoms with Crippen LogP contribution in [-0.4, -0.2) is 29.4 Å². The molecule has 6 nitrogen and oxygen atoms in total. The fraction of sp³-hybridized carbons (Fsp3) is 0.200. The number of ether oxygens (including phenoxy) is 2. The summed E-state index contributed by atoms with van der Waals surface area (Å²) in [6, 6.07) is 11.0. The zero-order chi connectivity index (χ0) is 14.7. The van der Waals surface area contributed by atoms with Crippen molar-refractivity contribution >= 4 is 12.1 Å². The molecule has 0 bridgehead atoms. The molecule has 3 rings (SSSR count). The fourth-order valence-electron chi connectivity index (χ4n) is 1.99. The van der Waals surface area contributed by atoms with Crippen LogP contribution in [0, 0.1) is 0 Å². The van der Waals surface area contributed by atoms with Gasteiger partial charge >= 0.3 is 0 Å². The van der Waals surface area contributed by atoms with Crippen LogP contribution in [0.1, 0.15) is 5.69 Å². The summed E-state index contributed by atoms with van der Waals surface area (Å²) in [5.74, 6) is 0.874. The number of fused-ring (bicyclic) bond motifs is 1. The molecule has 108 valence electrons. The van der Waals surface area contributed by atoms with Gasteiger partial charge in [-0.2, -0.15) is 5.10 Å². The molecule has 0 unspecified atom stereocenters. The number of hydrogen-bond acceptors (Lipinski definition) is 4. The van der Waals surface area contributed by atoms with Gasteiger partial charge in [0.05, 0.1) is 11.9 Å². The molecule has 0 spiro atoms. The molecule has 0 radical (unpaired) electrons. The molecule has 0 aliphatic carbocycles. The number of benzene rings is 1. The van der Waals surface area contributed by atoms with Gasteiger partial charge in [-0.15, -0.1) is 0 Å². The van der Waals surface area contributed by atoms with Crippen LogP contribution in [0.15, 0.2) is 47.7 Å². The van der Waals surface area contributed by atoms with Crippen LogP contribution in [0.3, 0.4) is 0 Å². The molecular weight excluding hydrogens is 270 g/mol. The Kier molecular flexibility index (Phi) is 3.59. The zero-order valence-electron chi connectivity index (χ0n) is 11.5. The molecule has 1 N–H and O–H groups in total. The molecule has 1 aliphatic rings. The third kappa shape index (κ3) is 2.89. The van der Waals surface area contributed by atoms with Gasteiger partial charge in [0, 0.05) is 13.2 Å². The second-order valence-corrected chi connectivity index (χ2v) is 4.64. The number of nitrogens with zero attached hydrogens (tertiary/aromatic N) is 2. The minimum Gasteiger partial charge on any atom is -0.485 e. The van der Waals surface area contributed by atoms with Gasteiger partial charge in [0.1, 0.15) is 6.61 Å². The van der Waals surface area contributed by atoms with Gasteiger partial charge in [0.15, 0.2) is 11.5 Å². The second kappa shape index (κ2) is 5.70. The maximum absolute atomic E-state index is 12.0. The van der Waals surface area contributed by atoms with Crippen LogP contribution in [0.25, 0.3) is 0 Å². The van der Waals surface area contributed by atoms with Crippen LogP contribution in [0.2, 0.25) is 0 Å². The molecule has 2 heterocycles. The Morgan fingerprint density at radius 1 is 1.33 bits per heavy atom. The van der Waals surface area contributed by atoms with Crippen molar-refractivity contribution in [2.75, 3.05) is 6.61 Å². The minimum atomic E-state index is -0.703. The largest absolute Gasteiger partial charge is 0.485 e. The summed E-state index contributed by atoms with van der Waals surface area (Å²) < 4.78 is 13.0. The Morgan fingerprint density at radius 2 is 2.14 bits per heavy atom. The van der Waals surface area contributed by atoms with E-state index in [9.17, 15) is 4.79 Å². The standard InChI is InChI=1S/C15H15N3O3/c1-18-8-4-5-11(18)9-16-17-15(19)14-10-20-12-6-2-3-7-13(12)21-14/h2-9,14H,10H2,1H3,(H,17,19)/b16-9+/t14-/m0/s1. The zero-order valence-corrected chi connectivity index (χ0v) is 11.5. The van der Waals surface area contributed by atoms with Gasteiger partial charge in [-0.1, -0.05) is 12.1 Å². The van der Waals surface area contributed by atoms with Crippen LogP contribution in [0.4, 0.5) is 0 Å². The first kappa shape index (κ1) is 13.2. The number of hydrogen-bond donors (Lipinski definition) is 1. The number of nitrogens with one attached hydrogen (secondary N) is 1. The molecule has 0 fully saturated rings. The second-order valence-electron chi connectivity index (χ2n) is 4.64. The van der Waals surface area contributed by atoms with Crippen molar-refractivity contribution in [2.45, 2.75) is 6.10 Å². The van der Waals surface area contributed by atoms with Gasteiger partial charge in [-0.3, -0.25) is 4.79 Å². The molecule has 1 aliphatic heterocycles. The summed E-state index contributed by atoms with van der Waals surface area (Å²) in [7, 11) is 1.90. The summed E-state index contributed by atoms with van der Waals surface area (Å²) >= 11 is 0. The van der Waals surface area contributed by atoms with Crippen molar-refractivity contribution in [1.29, 1.82) is 0 Å². The average molecular weight is 285 g/mol. The van der Waals surface area contributed by atoms with Gasteiger partial charge in [0.25, 0.3) is 5.91 Å². The van der Waals surface area contributed by atoms with E-state index in [1.54, 1.807) is 18.3 Å². The third-order valence-corrected chi connectivity index (χ3v) is 3.16. The van der Waals surface area contributed by atoms with E-state index in [0.29, 0.717) is 11.5 Å². The minimum absolute atomic E-state index is 0.169. The number of para-hydroxylation sites is 2. The lowest BCUT2D eigenvalue weighted by Gasteiger charge is -2.24. The lowest BCUT2D eigenvalue weighted by atomic mass is 10.2. The normalized spacial score (nSPS) is 16.9. The fourth-order valence-corrected chi connectivity index (χ4v) is 1.99. The Hall–Kier alpha value is -2.76. The van der Waals surface area contributed by atoms with Crippen molar-refractivity contribution in [2.24, 2.45) is 12.1 Å². The van der Waals surface area contributed by atoms with Gasteiger partial charge < -0.3 is 14.0 Å². The van der Waals surface area contributed by atoms with E-state index in [0.717, 1.165) is 5.69 Å². The Balaban J connectivity index is 1.60. The molecule has 0 saturated carbocycles. The van der Waals surface area contributed by atoms with E-state index < -0.39 is 6.10 Å². The predicted molar refractivity (Wildman–Crippen MR) is 77.5 cm³/mol. The van der Waals surface area contributed by atoms with Crippen LogP contribution in [-0.2, 0) is 11.8 Å². The van der Waals surface area contributed by atoms with Crippen molar-refractivity contribution in [3.8, 4) is 11.5 Å². The summed E-state index contributed by atoms with van der Waals surface area (Å²) in [5, 5.41) is 3.92. The molecule has 0 saturated heterocycles. The molecular formula is C15H15N3O3. The topological polar surface area (TPSA) is 64.9 Å². The Labute approximate surface area is 122 Å². The Morgan fingerprint density at radius 3 is 2.90 bits per heavy atom. The molecule has 6 heteroatoms. The number of carbonyl (C=O) groups is 1. The smallest absolute Gasteiger partial charge is 0.284 e. The number of hydrazone groups is 1. The van der Waals surface area contributed by atoms with E-state index >= 15 is 0 Å². The van der Waals surface area contributed by atoms with Crippen LogP contribution < -0.4 is 14.9 Å². The molecule has 21 heavy (non-hydrogen) atoms. The number of rotatable bonds is 3. The first-order valence-electron chi connectivity index (χ1n) is 6.57. The van der Waals surface area contributed by atoms with Crippen LogP contribution >= 0.6 is 0 Å². The van der Waals surface area contributed by atoms with Crippen molar-refractivity contribution in [1.82, 2.24) is 9.99 Å². The van der Waals surface area contributed by atoms with Gasteiger partial charge in [-0.05, 0) is 24.3 Å². The van der Waals surface area contributed by atoms with Crippen molar-refractivity contribution in [3.63, 3.8) is 0 Å². The number of aryl methyl sites for hydroxylation is 1. The number of aromatic nitrogens is 1. The highest BCUT2D eigenvalue weighted by molar-refractivity contribution is 5.84.